The van der Waals surface area contributed by atoms with Gasteiger partial charge in [-0.25, -0.2) is 0 Å². The molecule has 80 valence electrons. The lowest BCUT2D eigenvalue weighted by Gasteiger charge is -1.98. The highest BCUT2D eigenvalue weighted by molar-refractivity contribution is 5.22. The molecule has 5 heteroatoms. The molecule has 5 nitrogen and oxygen atoms in total. The van der Waals surface area contributed by atoms with Crippen LogP contribution in [-0.4, -0.2) is 14.7 Å². The van der Waals surface area contributed by atoms with E-state index in [2.05, 4.69) is 16.2 Å². The van der Waals surface area contributed by atoms with E-state index in [1.165, 1.54) is 0 Å². The van der Waals surface area contributed by atoms with Crippen LogP contribution in [0.15, 0.2) is 22.9 Å². The predicted molar refractivity (Wildman–Crippen MR) is 54.5 cm³/mol. The summed E-state index contributed by atoms with van der Waals surface area (Å²) >= 11 is 0. The smallest absolute Gasteiger partial charge is 0.229 e. The molecule has 3 rings (SSSR count). The van der Waals surface area contributed by atoms with Crippen LogP contribution in [0, 0.1) is 11.3 Å². The van der Waals surface area contributed by atoms with E-state index in [-0.39, 0.29) is 0 Å². The lowest BCUT2D eigenvalue weighted by molar-refractivity contribution is 0.373. The lowest BCUT2D eigenvalue weighted by Crippen LogP contribution is -2.02. The van der Waals surface area contributed by atoms with E-state index in [0.717, 1.165) is 18.7 Å². The molecule has 0 bridgehead atoms. The molecule has 0 unspecified atom stereocenters. The van der Waals surface area contributed by atoms with Crippen molar-refractivity contribution >= 4 is 0 Å². The Hall–Kier alpha value is -2.09. The van der Waals surface area contributed by atoms with Crippen LogP contribution in [0.2, 0.25) is 0 Å². The number of rotatable bonds is 3. The third-order valence-electron chi connectivity index (χ3n) is 2.67. The van der Waals surface area contributed by atoms with Gasteiger partial charge in [0, 0.05) is 12.1 Å². The Morgan fingerprint density at radius 1 is 1.56 bits per heavy atom. The molecule has 2 aromatic heterocycles. The van der Waals surface area contributed by atoms with Crippen LogP contribution >= 0.6 is 0 Å². The Bertz CT molecular complexity index is 544. The van der Waals surface area contributed by atoms with Crippen LogP contribution in [0.4, 0.5) is 0 Å². The highest BCUT2D eigenvalue weighted by atomic mass is 16.5. The third kappa shape index (κ3) is 1.58. The van der Waals surface area contributed by atoms with Gasteiger partial charge in [-0.2, -0.15) is 10.2 Å². The van der Waals surface area contributed by atoms with Crippen molar-refractivity contribution < 1.29 is 4.52 Å². The normalized spacial score (nSPS) is 14.9. The average molecular weight is 214 g/mol. The van der Waals surface area contributed by atoms with Crippen molar-refractivity contribution in [3.8, 4) is 6.07 Å². The maximum atomic E-state index is 8.85. The molecule has 0 spiro atoms. The van der Waals surface area contributed by atoms with Gasteiger partial charge in [-0.1, -0.05) is 5.16 Å². The molecule has 1 fully saturated rings. The summed E-state index contributed by atoms with van der Waals surface area (Å²) in [5.41, 5.74) is 0.609. The summed E-state index contributed by atoms with van der Waals surface area (Å²) in [7, 11) is 0. The lowest BCUT2D eigenvalue weighted by atomic mass is 10.4. The fourth-order valence-electron chi connectivity index (χ4n) is 1.63. The van der Waals surface area contributed by atoms with E-state index in [4.69, 9.17) is 9.78 Å². The van der Waals surface area contributed by atoms with Crippen LogP contribution in [-0.2, 0) is 6.54 Å². The van der Waals surface area contributed by atoms with Crippen LogP contribution in [0.3, 0.4) is 0 Å². The SMILES string of the molecule is N#Cc1cccn1Cc1noc(C2CC2)n1. The van der Waals surface area contributed by atoms with Crippen molar-refractivity contribution in [1.82, 2.24) is 14.7 Å². The fraction of sp³-hybridized carbons (Fsp3) is 0.364. The first kappa shape index (κ1) is 9.16. The van der Waals surface area contributed by atoms with Crippen molar-refractivity contribution in [2.45, 2.75) is 25.3 Å². The minimum atomic E-state index is 0.473. The van der Waals surface area contributed by atoms with Crippen LogP contribution in [0.5, 0.6) is 0 Å². The van der Waals surface area contributed by atoms with Crippen LogP contribution in [0.25, 0.3) is 0 Å². The monoisotopic (exact) mass is 214 g/mol. The summed E-state index contributed by atoms with van der Waals surface area (Å²) in [4.78, 5) is 4.31. The van der Waals surface area contributed by atoms with Gasteiger partial charge >= 0.3 is 0 Å². The number of hydrogen-bond donors (Lipinski definition) is 0. The van der Waals surface area contributed by atoms with Gasteiger partial charge < -0.3 is 9.09 Å². The first-order valence-electron chi connectivity index (χ1n) is 5.24. The molecule has 1 aliphatic carbocycles. The Labute approximate surface area is 92.3 Å². The fourth-order valence-corrected chi connectivity index (χ4v) is 1.63. The largest absolute Gasteiger partial charge is 0.339 e. The van der Waals surface area contributed by atoms with Gasteiger partial charge in [0.25, 0.3) is 0 Å². The van der Waals surface area contributed by atoms with E-state index < -0.39 is 0 Å². The molecule has 0 N–H and O–H groups in total. The van der Waals surface area contributed by atoms with E-state index >= 15 is 0 Å². The van der Waals surface area contributed by atoms with Crippen LogP contribution in [0.1, 0.15) is 36.2 Å². The standard InChI is InChI=1S/C11H10N4O/c12-6-9-2-1-5-15(9)7-10-13-11(16-14-10)8-3-4-8/h1-2,5,8H,3-4,7H2. The predicted octanol–water partition coefficient (Wildman–Crippen LogP) is 1.67. The van der Waals surface area contributed by atoms with E-state index in [1.54, 1.807) is 6.07 Å². The maximum absolute atomic E-state index is 8.85. The molecule has 2 heterocycles. The summed E-state index contributed by atoms with van der Waals surface area (Å²) in [6.45, 7) is 0.492. The molecule has 1 saturated carbocycles. The van der Waals surface area contributed by atoms with Crippen molar-refractivity contribution in [2.24, 2.45) is 0 Å². The second-order valence-electron chi connectivity index (χ2n) is 3.96. The third-order valence-corrected chi connectivity index (χ3v) is 2.67. The van der Waals surface area contributed by atoms with Gasteiger partial charge in [-0.15, -0.1) is 0 Å². The van der Waals surface area contributed by atoms with Gasteiger partial charge in [0.1, 0.15) is 11.8 Å². The Kier molecular flexibility index (Phi) is 2.00. The molecule has 0 radical (unpaired) electrons. The van der Waals surface area contributed by atoms with Gasteiger partial charge in [-0.3, -0.25) is 0 Å². The highest BCUT2D eigenvalue weighted by Crippen LogP contribution is 2.38. The zero-order chi connectivity index (χ0) is 11.0. The molecule has 16 heavy (non-hydrogen) atoms. The zero-order valence-electron chi connectivity index (χ0n) is 8.63. The van der Waals surface area contributed by atoms with Crippen molar-refractivity contribution in [1.29, 1.82) is 5.26 Å². The molecular weight excluding hydrogens is 204 g/mol. The Morgan fingerprint density at radius 2 is 2.44 bits per heavy atom. The Balaban J connectivity index is 1.80. The molecule has 0 saturated heterocycles. The summed E-state index contributed by atoms with van der Waals surface area (Å²) in [5, 5.41) is 12.8. The molecule has 0 atom stereocenters. The summed E-state index contributed by atoms with van der Waals surface area (Å²) < 4.78 is 6.96. The molecule has 2 aromatic rings. The van der Waals surface area contributed by atoms with E-state index in [0.29, 0.717) is 24.0 Å². The molecule has 0 amide bonds. The summed E-state index contributed by atoms with van der Waals surface area (Å²) in [5.74, 6) is 1.84. The minimum Gasteiger partial charge on any atom is -0.339 e. The van der Waals surface area contributed by atoms with E-state index in [9.17, 15) is 0 Å². The van der Waals surface area contributed by atoms with Gasteiger partial charge in [0.05, 0.1) is 6.54 Å². The number of nitriles is 1. The van der Waals surface area contributed by atoms with Crippen molar-refractivity contribution in [3.63, 3.8) is 0 Å². The zero-order valence-corrected chi connectivity index (χ0v) is 8.63. The highest BCUT2D eigenvalue weighted by Gasteiger charge is 2.29. The second-order valence-corrected chi connectivity index (χ2v) is 3.96. The number of nitrogens with zero attached hydrogens (tertiary/aromatic N) is 4. The molecule has 0 aliphatic heterocycles. The van der Waals surface area contributed by atoms with Crippen LogP contribution < -0.4 is 0 Å². The minimum absolute atomic E-state index is 0.473. The van der Waals surface area contributed by atoms with Gasteiger partial charge in [-0.05, 0) is 25.0 Å². The number of aromatic nitrogens is 3. The Morgan fingerprint density at radius 3 is 3.19 bits per heavy atom. The number of hydrogen-bond acceptors (Lipinski definition) is 4. The molecular formula is C11H10N4O. The van der Waals surface area contributed by atoms with Gasteiger partial charge in [0.2, 0.25) is 5.89 Å². The second kappa shape index (κ2) is 3.49. The first-order chi connectivity index (χ1) is 7.86. The molecule has 1 aliphatic rings. The maximum Gasteiger partial charge on any atom is 0.229 e. The quantitative estimate of drug-likeness (QED) is 0.779. The summed E-state index contributed by atoms with van der Waals surface area (Å²) in [6, 6.07) is 5.71. The average Bonchev–Trinajstić information content (AvgIpc) is 2.88. The van der Waals surface area contributed by atoms with Crippen molar-refractivity contribution in [2.75, 3.05) is 0 Å². The van der Waals surface area contributed by atoms with Gasteiger partial charge in [0.15, 0.2) is 5.82 Å². The first-order valence-corrected chi connectivity index (χ1v) is 5.24. The van der Waals surface area contributed by atoms with E-state index in [1.807, 2.05) is 16.8 Å². The molecule has 0 aromatic carbocycles. The topological polar surface area (TPSA) is 67.6 Å². The van der Waals surface area contributed by atoms with Crippen molar-refractivity contribution in [3.05, 3.63) is 35.7 Å². The summed E-state index contributed by atoms with van der Waals surface area (Å²) in [6.07, 6.45) is 4.13.